The number of sulfone groups is 1. The van der Waals surface area contributed by atoms with Crippen molar-refractivity contribution in [2.24, 2.45) is 0 Å². The monoisotopic (exact) mass is 431 g/mol. The summed E-state index contributed by atoms with van der Waals surface area (Å²) < 4.78 is 27.9. The van der Waals surface area contributed by atoms with Gasteiger partial charge in [0.25, 0.3) is 0 Å². The van der Waals surface area contributed by atoms with Crippen LogP contribution >= 0.6 is 22.9 Å². The van der Waals surface area contributed by atoms with Gasteiger partial charge in [-0.1, -0.05) is 29.8 Å². The van der Waals surface area contributed by atoms with Crippen molar-refractivity contribution in [2.75, 3.05) is 5.32 Å². The largest absolute Gasteiger partial charge is 0.337 e. The SMILES string of the molecule is O=C(Cn1cc(S(=O)(=O)c2ccc(Cl)cc2)c2ccccc21)Nc1nccs1. The molecule has 0 bridgehead atoms. The van der Waals surface area contributed by atoms with Gasteiger partial charge >= 0.3 is 0 Å². The van der Waals surface area contributed by atoms with E-state index in [2.05, 4.69) is 10.3 Å². The minimum Gasteiger partial charge on any atom is -0.337 e. The molecule has 0 spiro atoms. The van der Waals surface area contributed by atoms with Gasteiger partial charge in [-0.15, -0.1) is 11.3 Å². The zero-order valence-electron chi connectivity index (χ0n) is 14.4. The van der Waals surface area contributed by atoms with E-state index in [4.69, 9.17) is 11.6 Å². The van der Waals surface area contributed by atoms with Crippen LogP contribution in [-0.2, 0) is 21.2 Å². The second kappa shape index (κ2) is 7.38. The lowest BCUT2D eigenvalue weighted by atomic mass is 10.2. The van der Waals surface area contributed by atoms with E-state index in [1.165, 1.54) is 41.8 Å². The Morgan fingerprint density at radius 2 is 1.89 bits per heavy atom. The number of fused-ring (bicyclic) bond motifs is 1. The van der Waals surface area contributed by atoms with Gasteiger partial charge < -0.3 is 9.88 Å². The summed E-state index contributed by atoms with van der Waals surface area (Å²) >= 11 is 7.19. The molecule has 0 atom stereocenters. The molecular formula is C19H14ClN3O3S2. The molecule has 4 aromatic rings. The van der Waals surface area contributed by atoms with Gasteiger partial charge in [0.15, 0.2) is 5.13 Å². The van der Waals surface area contributed by atoms with Gasteiger partial charge in [-0.25, -0.2) is 13.4 Å². The van der Waals surface area contributed by atoms with Crippen molar-refractivity contribution < 1.29 is 13.2 Å². The standard InChI is InChI=1S/C19H14ClN3O3S2/c20-13-5-7-14(8-6-13)28(25,26)17-11-23(16-4-2-1-3-15(16)17)12-18(24)22-19-21-9-10-27-19/h1-11H,12H2,(H,21,22,24). The van der Waals surface area contributed by atoms with Crippen molar-refractivity contribution in [3.63, 3.8) is 0 Å². The molecule has 0 aliphatic heterocycles. The van der Waals surface area contributed by atoms with Crippen molar-refractivity contribution in [3.05, 3.63) is 71.3 Å². The summed E-state index contributed by atoms with van der Waals surface area (Å²) in [6, 6.07) is 13.1. The Morgan fingerprint density at radius 1 is 1.14 bits per heavy atom. The Morgan fingerprint density at radius 3 is 2.61 bits per heavy atom. The highest BCUT2D eigenvalue weighted by Gasteiger charge is 2.24. The van der Waals surface area contributed by atoms with Gasteiger partial charge in [0.1, 0.15) is 6.54 Å². The third kappa shape index (κ3) is 3.54. The number of rotatable bonds is 5. The molecule has 6 nitrogen and oxygen atoms in total. The lowest BCUT2D eigenvalue weighted by molar-refractivity contribution is -0.116. The minimum absolute atomic E-state index is 0.0315. The smallest absolute Gasteiger partial charge is 0.246 e. The number of nitrogens with zero attached hydrogens (tertiary/aromatic N) is 2. The van der Waals surface area contributed by atoms with E-state index in [0.29, 0.717) is 21.1 Å². The van der Waals surface area contributed by atoms with Crippen LogP contribution < -0.4 is 5.32 Å². The number of amides is 1. The number of hydrogen-bond acceptors (Lipinski definition) is 5. The lowest BCUT2D eigenvalue weighted by Crippen LogP contribution is -2.18. The van der Waals surface area contributed by atoms with Crippen molar-refractivity contribution in [3.8, 4) is 0 Å². The fourth-order valence-electron chi connectivity index (χ4n) is 2.90. The summed E-state index contributed by atoms with van der Waals surface area (Å²) in [6.45, 7) is -0.0315. The van der Waals surface area contributed by atoms with Crippen LogP contribution in [0.5, 0.6) is 0 Å². The number of hydrogen-bond donors (Lipinski definition) is 1. The molecule has 0 saturated carbocycles. The van der Waals surface area contributed by atoms with Gasteiger partial charge in [-0.3, -0.25) is 4.79 Å². The average Bonchev–Trinajstić information content (AvgIpc) is 3.31. The van der Waals surface area contributed by atoms with Crippen LogP contribution in [-0.4, -0.2) is 23.9 Å². The summed E-state index contributed by atoms with van der Waals surface area (Å²) in [6.07, 6.45) is 3.10. The molecule has 28 heavy (non-hydrogen) atoms. The Labute approximate surface area is 170 Å². The molecule has 2 aromatic carbocycles. The maximum atomic E-state index is 13.1. The van der Waals surface area contributed by atoms with Crippen LogP contribution in [0.3, 0.4) is 0 Å². The number of anilines is 1. The maximum Gasteiger partial charge on any atom is 0.246 e. The number of benzene rings is 2. The van der Waals surface area contributed by atoms with Crippen LogP contribution in [0.1, 0.15) is 0 Å². The zero-order chi connectivity index (χ0) is 19.7. The van der Waals surface area contributed by atoms with Crippen LogP contribution in [0.25, 0.3) is 10.9 Å². The molecule has 0 saturated heterocycles. The molecule has 0 aliphatic carbocycles. The van der Waals surface area contributed by atoms with E-state index >= 15 is 0 Å². The van der Waals surface area contributed by atoms with Crippen molar-refractivity contribution >= 4 is 54.7 Å². The van der Waals surface area contributed by atoms with Crippen molar-refractivity contribution in [1.29, 1.82) is 0 Å². The van der Waals surface area contributed by atoms with E-state index < -0.39 is 9.84 Å². The number of halogens is 1. The normalized spacial score (nSPS) is 11.6. The first-order valence-electron chi connectivity index (χ1n) is 8.23. The Balaban J connectivity index is 1.74. The van der Waals surface area contributed by atoms with E-state index in [9.17, 15) is 13.2 Å². The summed E-state index contributed by atoms with van der Waals surface area (Å²) in [5.41, 5.74) is 0.657. The van der Waals surface area contributed by atoms with Crippen LogP contribution in [0.2, 0.25) is 5.02 Å². The highest BCUT2D eigenvalue weighted by Crippen LogP contribution is 2.30. The first-order valence-corrected chi connectivity index (χ1v) is 11.0. The highest BCUT2D eigenvalue weighted by molar-refractivity contribution is 7.91. The summed E-state index contributed by atoms with van der Waals surface area (Å²) in [4.78, 5) is 16.7. The topological polar surface area (TPSA) is 81.1 Å². The van der Waals surface area contributed by atoms with Crippen molar-refractivity contribution in [1.82, 2.24) is 9.55 Å². The van der Waals surface area contributed by atoms with Gasteiger partial charge in [-0.2, -0.15) is 0 Å². The lowest BCUT2D eigenvalue weighted by Gasteiger charge is -2.05. The second-order valence-corrected chi connectivity index (χ2v) is 9.23. The number of thiazole rings is 1. The average molecular weight is 432 g/mol. The highest BCUT2D eigenvalue weighted by atomic mass is 35.5. The summed E-state index contributed by atoms with van der Waals surface area (Å²) in [5.74, 6) is -0.286. The number of nitrogens with one attached hydrogen (secondary N) is 1. The third-order valence-corrected chi connectivity index (χ3v) is 6.90. The molecule has 1 N–H and O–H groups in total. The van der Waals surface area contributed by atoms with E-state index in [1.54, 1.807) is 40.4 Å². The molecule has 4 rings (SSSR count). The third-order valence-electron chi connectivity index (χ3n) is 4.16. The molecule has 2 heterocycles. The van der Waals surface area contributed by atoms with Crippen LogP contribution in [0.4, 0.5) is 5.13 Å². The fraction of sp³-hybridized carbons (Fsp3) is 0.0526. The van der Waals surface area contributed by atoms with Gasteiger partial charge in [-0.05, 0) is 30.3 Å². The molecule has 0 fully saturated rings. The van der Waals surface area contributed by atoms with Gasteiger partial charge in [0, 0.05) is 33.7 Å². The molecule has 142 valence electrons. The molecule has 0 unspecified atom stereocenters. The first-order chi connectivity index (χ1) is 13.4. The Hall–Kier alpha value is -2.68. The van der Waals surface area contributed by atoms with E-state index in [1.807, 2.05) is 0 Å². The predicted molar refractivity (Wildman–Crippen MR) is 110 cm³/mol. The second-order valence-electron chi connectivity index (χ2n) is 5.98. The number of carbonyl (C=O) groups is 1. The fourth-order valence-corrected chi connectivity index (χ4v) is 5.04. The van der Waals surface area contributed by atoms with Crippen molar-refractivity contribution in [2.45, 2.75) is 16.3 Å². The first kappa shape index (κ1) is 18.7. The van der Waals surface area contributed by atoms with Gasteiger partial charge in [0.05, 0.1) is 9.79 Å². The molecule has 1 amide bonds. The summed E-state index contributed by atoms with van der Waals surface area (Å²) in [7, 11) is -3.77. The molecule has 9 heteroatoms. The molecule has 2 aromatic heterocycles. The molecule has 0 aliphatic rings. The molecule has 0 radical (unpaired) electrons. The number of para-hydroxylation sites is 1. The minimum atomic E-state index is -3.77. The van der Waals surface area contributed by atoms with Crippen LogP contribution in [0, 0.1) is 0 Å². The summed E-state index contributed by atoms with van der Waals surface area (Å²) in [5, 5.41) is 5.98. The Kier molecular flexibility index (Phi) is 4.92. The number of aromatic nitrogens is 2. The van der Waals surface area contributed by atoms with Gasteiger partial charge in [0.2, 0.25) is 15.7 Å². The van der Waals surface area contributed by atoms with Crippen LogP contribution in [0.15, 0.2) is 76.1 Å². The quantitative estimate of drug-likeness (QED) is 0.513. The van der Waals surface area contributed by atoms with E-state index in [-0.39, 0.29) is 22.2 Å². The number of carbonyl (C=O) groups excluding carboxylic acids is 1. The maximum absolute atomic E-state index is 13.1. The Bertz CT molecular complexity index is 1250. The predicted octanol–water partition coefficient (Wildman–Crippen LogP) is 4.22. The van der Waals surface area contributed by atoms with E-state index in [0.717, 1.165) is 0 Å². The molecular weight excluding hydrogens is 418 g/mol. The zero-order valence-corrected chi connectivity index (χ0v) is 16.8.